The number of aryl methyl sites for hydroxylation is 2. The molecule has 0 bridgehead atoms. The van der Waals surface area contributed by atoms with Crippen molar-refractivity contribution < 1.29 is 5.11 Å². The number of benzene rings is 1. The Kier molecular flexibility index (Phi) is 3.31. The first-order valence-electron chi connectivity index (χ1n) is 6.09. The molecular weight excluding hydrogens is 198 g/mol. The monoisotopic (exact) mass is 219 g/mol. The van der Waals surface area contributed by atoms with Crippen molar-refractivity contribution >= 4 is 0 Å². The van der Waals surface area contributed by atoms with E-state index in [9.17, 15) is 5.11 Å². The van der Waals surface area contributed by atoms with E-state index in [1.165, 1.54) is 24.0 Å². The molecule has 2 rings (SSSR count). The number of rotatable bonds is 4. The van der Waals surface area contributed by atoms with Gasteiger partial charge in [0, 0.05) is 12.1 Å². The SMILES string of the molecule is Cc1ccc(C(O)C(C)NC2CC2)cc1C. The van der Waals surface area contributed by atoms with Gasteiger partial charge in [0.2, 0.25) is 0 Å². The van der Waals surface area contributed by atoms with Crippen molar-refractivity contribution in [3.05, 3.63) is 34.9 Å². The summed E-state index contributed by atoms with van der Waals surface area (Å²) in [6.07, 6.45) is 2.11. The lowest BCUT2D eigenvalue weighted by Gasteiger charge is -2.21. The van der Waals surface area contributed by atoms with Crippen molar-refractivity contribution in [1.82, 2.24) is 5.32 Å². The largest absolute Gasteiger partial charge is 0.387 e. The van der Waals surface area contributed by atoms with Crippen molar-refractivity contribution in [2.24, 2.45) is 0 Å². The summed E-state index contributed by atoms with van der Waals surface area (Å²) in [7, 11) is 0. The highest BCUT2D eigenvalue weighted by molar-refractivity contribution is 5.31. The lowest BCUT2D eigenvalue weighted by Crippen LogP contribution is -2.33. The first kappa shape index (κ1) is 11.6. The van der Waals surface area contributed by atoms with Gasteiger partial charge in [0.15, 0.2) is 0 Å². The van der Waals surface area contributed by atoms with Crippen LogP contribution < -0.4 is 5.32 Å². The molecule has 2 N–H and O–H groups in total. The van der Waals surface area contributed by atoms with E-state index in [4.69, 9.17) is 0 Å². The Balaban J connectivity index is 2.06. The Morgan fingerprint density at radius 2 is 1.94 bits per heavy atom. The summed E-state index contributed by atoms with van der Waals surface area (Å²) in [5.74, 6) is 0. The second-order valence-corrected chi connectivity index (χ2v) is 5.02. The maximum atomic E-state index is 10.2. The summed E-state index contributed by atoms with van der Waals surface area (Å²) in [4.78, 5) is 0. The highest BCUT2D eigenvalue weighted by Gasteiger charge is 2.26. The fraction of sp³-hybridized carbons (Fsp3) is 0.571. The molecule has 2 nitrogen and oxygen atoms in total. The number of aliphatic hydroxyl groups excluding tert-OH is 1. The number of nitrogens with one attached hydrogen (secondary N) is 1. The van der Waals surface area contributed by atoms with E-state index in [0.717, 1.165) is 5.56 Å². The maximum absolute atomic E-state index is 10.2. The van der Waals surface area contributed by atoms with Crippen LogP contribution in [0.1, 0.15) is 42.6 Å². The van der Waals surface area contributed by atoms with Gasteiger partial charge in [-0.15, -0.1) is 0 Å². The first-order valence-corrected chi connectivity index (χ1v) is 6.09. The Morgan fingerprint density at radius 1 is 1.25 bits per heavy atom. The van der Waals surface area contributed by atoms with Gasteiger partial charge in [0.1, 0.15) is 0 Å². The van der Waals surface area contributed by atoms with Gasteiger partial charge in [-0.25, -0.2) is 0 Å². The minimum atomic E-state index is -0.403. The van der Waals surface area contributed by atoms with E-state index in [1.807, 2.05) is 6.07 Å². The zero-order valence-corrected chi connectivity index (χ0v) is 10.3. The van der Waals surface area contributed by atoms with E-state index in [2.05, 4.69) is 38.2 Å². The van der Waals surface area contributed by atoms with Gasteiger partial charge in [0.05, 0.1) is 6.10 Å². The van der Waals surface area contributed by atoms with Crippen molar-refractivity contribution in [1.29, 1.82) is 0 Å². The van der Waals surface area contributed by atoms with Gasteiger partial charge < -0.3 is 10.4 Å². The Morgan fingerprint density at radius 3 is 2.50 bits per heavy atom. The zero-order valence-electron chi connectivity index (χ0n) is 10.3. The van der Waals surface area contributed by atoms with Crippen LogP contribution in [0.25, 0.3) is 0 Å². The molecule has 0 saturated heterocycles. The zero-order chi connectivity index (χ0) is 11.7. The van der Waals surface area contributed by atoms with E-state index in [-0.39, 0.29) is 6.04 Å². The van der Waals surface area contributed by atoms with Crippen LogP contribution in [-0.4, -0.2) is 17.2 Å². The quantitative estimate of drug-likeness (QED) is 0.815. The summed E-state index contributed by atoms with van der Waals surface area (Å²) in [6, 6.07) is 6.96. The Bertz CT molecular complexity index is 371. The van der Waals surface area contributed by atoms with Crippen LogP contribution in [0.5, 0.6) is 0 Å². The number of aliphatic hydroxyl groups is 1. The third-order valence-corrected chi connectivity index (χ3v) is 3.42. The lowest BCUT2D eigenvalue weighted by atomic mass is 9.99. The van der Waals surface area contributed by atoms with Crippen LogP contribution in [0.2, 0.25) is 0 Å². The smallest absolute Gasteiger partial charge is 0.0940 e. The topological polar surface area (TPSA) is 32.3 Å². The molecule has 1 aromatic carbocycles. The second-order valence-electron chi connectivity index (χ2n) is 5.02. The Labute approximate surface area is 97.7 Å². The summed E-state index contributed by atoms with van der Waals surface area (Å²) >= 11 is 0. The van der Waals surface area contributed by atoms with E-state index < -0.39 is 6.10 Å². The molecule has 1 saturated carbocycles. The van der Waals surface area contributed by atoms with Gasteiger partial charge in [0.25, 0.3) is 0 Å². The molecule has 2 atom stereocenters. The second kappa shape index (κ2) is 4.56. The van der Waals surface area contributed by atoms with Crippen molar-refractivity contribution in [2.75, 3.05) is 0 Å². The molecule has 16 heavy (non-hydrogen) atoms. The predicted octanol–water partition coefficient (Wildman–Crippen LogP) is 2.48. The van der Waals surface area contributed by atoms with Crippen LogP contribution in [0.3, 0.4) is 0 Å². The fourth-order valence-corrected chi connectivity index (χ4v) is 1.95. The molecular formula is C14H21NO. The summed E-state index contributed by atoms with van der Waals surface area (Å²) in [5.41, 5.74) is 3.54. The van der Waals surface area contributed by atoms with Crippen LogP contribution >= 0.6 is 0 Å². The third-order valence-electron chi connectivity index (χ3n) is 3.42. The van der Waals surface area contributed by atoms with Gasteiger partial charge in [-0.1, -0.05) is 18.2 Å². The molecule has 1 fully saturated rings. The highest BCUT2D eigenvalue weighted by atomic mass is 16.3. The van der Waals surface area contributed by atoms with E-state index >= 15 is 0 Å². The van der Waals surface area contributed by atoms with Crippen LogP contribution in [0.15, 0.2) is 18.2 Å². The number of hydrogen-bond donors (Lipinski definition) is 2. The number of hydrogen-bond acceptors (Lipinski definition) is 2. The average molecular weight is 219 g/mol. The van der Waals surface area contributed by atoms with Crippen molar-refractivity contribution in [3.63, 3.8) is 0 Å². The lowest BCUT2D eigenvalue weighted by molar-refractivity contribution is 0.135. The third kappa shape index (κ3) is 2.63. The van der Waals surface area contributed by atoms with Gasteiger partial charge in [-0.05, 0) is 50.3 Å². The molecule has 0 aliphatic heterocycles. The first-order chi connectivity index (χ1) is 7.58. The molecule has 88 valence electrons. The molecule has 1 aromatic rings. The van der Waals surface area contributed by atoms with Crippen LogP contribution in [0.4, 0.5) is 0 Å². The minimum absolute atomic E-state index is 0.134. The van der Waals surface area contributed by atoms with E-state index in [0.29, 0.717) is 6.04 Å². The fourth-order valence-electron chi connectivity index (χ4n) is 1.95. The predicted molar refractivity (Wildman–Crippen MR) is 66.5 cm³/mol. The summed E-state index contributed by atoms with van der Waals surface area (Å²) in [6.45, 7) is 6.24. The highest BCUT2D eigenvalue weighted by Crippen LogP contribution is 2.24. The van der Waals surface area contributed by atoms with Crippen LogP contribution in [0, 0.1) is 13.8 Å². The molecule has 0 spiro atoms. The molecule has 2 unspecified atom stereocenters. The minimum Gasteiger partial charge on any atom is -0.387 e. The van der Waals surface area contributed by atoms with E-state index in [1.54, 1.807) is 0 Å². The molecule has 0 radical (unpaired) electrons. The molecule has 1 aliphatic rings. The Hall–Kier alpha value is -0.860. The van der Waals surface area contributed by atoms with Crippen LogP contribution in [-0.2, 0) is 0 Å². The van der Waals surface area contributed by atoms with Gasteiger partial charge in [-0.3, -0.25) is 0 Å². The molecule has 1 aliphatic carbocycles. The molecule has 0 amide bonds. The molecule has 0 aromatic heterocycles. The standard InChI is InChI=1S/C14H21NO/c1-9-4-5-12(8-10(9)2)14(16)11(3)15-13-6-7-13/h4-5,8,11,13-16H,6-7H2,1-3H3. The molecule has 2 heteroatoms. The summed E-state index contributed by atoms with van der Waals surface area (Å²) in [5, 5.41) is 13.7. The van der Waals surface area contributed by atoms with Crippen molar-refractivity contribution in [2.45, 2.75) is 51.8 Å². The maximum Gasteiger partial charge on any atom is 0.0940 e. The molecule has 0 heterocycles. The van der Waals surface area contributed by atoms with Crippen molar-refractivity contribution in [3.8, 4) is 0 Å². The van der Waals surface area contributed by atoms with Gasteiger partial charge in [-0.2, -0.15) is 0 Å². The summed E-state index contributed by atoms with van der Waals surface area (Å²) < 4.78 is 0. The normalized spacial score (nSPS) is 19.5. The van der Waals surface area contributed by atoms with Gasteiger partial charge >= 0.3 is 0 Å². The average Bonchev–Trinajstić information content (AvgIpc) is 3.05.